The van der Waals surface area contributed by atoms with Gasteiger partial charge in [-0.05, 0) is 24.6 Å². The zero-order valence-corrected chi connectivity index (χ0v) is 11.8. The van der Waals surface area contributed by atoms with Gasteiger partial charge >= 0.3 is 6.18 Å². The Morgan fingerprint density at radius 3 is 2.35 bits per heavy atom. The molecular weight excluding hydrogens is 344 g/mol. The number of nitrogens with zero attached hydrogens (tertiary/aromatic N) is 2. The van der Waals surface area contributed by atoms with Crippen LogP contribution in [0.4, 0.5) is 24.5 Å². The van der Waals surface area contributed by atoms with E-state index in [2.05, 4.69) is 0 Å². The highest BCUT2D eigenvalue weighted by Crippen LogP contribution is 2.41. The molecule has 0 spiro atoms. The summed E-state index contributed by atoms with van der Waals surface area (Å²) in [5.41, 5.74) is 2.56. The fraction of sp³-hybridized carbons (Fsp3) is 0.364. The molecule has 2 nitrogen and oxygen atoms in total. The summed E-state index contributed by atoms with van der Waals surface area (Å²) in [7, 11) is 3.22. The van der Waals surface area contributed by atoms with Gasteiger partial charge in [-0.25, -0.2) is 0 Å². The second-order valence-corrected chi connectivity index (χ2v) is 6.85. The number of aryl methyl sites for hydroxylation is 1. The van der Waals surface area contributed by atoms with Gasteiger partial charge in [-0.1, -0.05) is 6.07 Å². The number of halogens is 4. The van der Waals surface area contributed by atoms with Crippen LogP contribution in [0.15, 0.2) is 18.2 Å². The minimum Gasteiger partial charge on any atom is -0.333 e. The van der Waals surface area contributed by atoms with Gasteiger partial charge in [-0.15, -0.1) is 0 Å². The number of fused-ring (bicyclic) bond motifs is 1. The largest absolute Gasteiger partial charge is 0.438 e. The molecule has 6 heteroatoms. The minimum absolute atomic E-state index is 0.421. The number of benzene rings is 1. The van der Waals surface area contributed by atoms with Crippen molar-refractivity contribution in [2.45, 2.75) is 13.1 Å². The normalized spacial score (nSPS) is 16.2. The van der Waals surface area contributed by atoms with Gasteiger partial charge in [0.1, 0.15) is 0 Å². The van der Waals surface area contributed by atoms with Gasteiger partial charge in [0.2, 0.25) is 0 Å². The van der Waals surface area contributed by atoms with E-state index in [1.807, 2.05) is 19.1 Å². The van der Waals surface area contributed by atoms with Gasteiger partial charge in [0, 0.05) is 35.1 Å². The molecule has 0 aliphatic carbocycles. The molecule has 0 unspecified atom stereocenters. The highest BCUT2D eigenvalue weighted by molar-refractivity contribution is 14.2. The summed E-state index contributed by atoms with van der Waals surface area (Å²) in [4.78, 5) is 1.28. The fourth-order valence-electron chi connectivity index (χ4n) is 1.73. The standard InChI is InChI=1S/C11H12F3IN2/c1-7-4-5-8-9(6-7)17(3)15-10(16(8)2)11(12,13)14/h4-6H,1-3H3. The van der Waals surface area contributed by atoms with Crippen molar-refractivity contribution in [3.8, 4) is 0 Å². The van der Waals surface area contributed by atoms with Crippen LogP contribution in [0.5, 0.6) is 0 Å². The van der Waals surface area contributed by atoms with E-state index in [0.29, 0.717) is 5.69 Å². The molecule has 1 aliphatic heterocycles. The van der Waals surface area contributed by atoms with Crippen LogP contribution < -0.4 is 8.01 Å². The number of rotatable bonds is 0. The zero-order valence-electron chi connectivity index (χ0n) is 9.64. The molecule has 1 aromatic carbocycles. The minimum atomic E-state index is -4.24. The van der Waals surface area contributed by atoms with Crippen molar-refractivity contribution in [1.29, 1.82) is 0 Å². The van der Waals surface area contributed by atoms with Crippen LogP contribution >= 0.6 is 21.0 Å². The van der Waals surface area contributed by atoms with Gasteiger partial charge in [0.05, 0.1) is 11.4 Å². The maximum atomic E-state index is 12.9. The quantitative estimate of drug-likeness (QED) is 0.519. The van der Waals surface area contributed by atoms with Gasteiger partial charge in [-0.2, -0.15) is 13.2 Å². The first-order valence-electron chi connectivity index (χ1n) is 4.98. The van der Waals surface area contributed by atoms with Crippen LogP contribution in [0.1, 0.15) is 5.56 Å². The summed E-state index contributed by atoms with van der Waals surface area (Å²) in [6.45, 7) is 1.94. The summed E-state index contributed by atoms with van der Waals surface area (Å²) < 4.78 is 39.9. The number of hydrogen-bond acceptors (Lipinski definition) is 2. The van der Waals surface area contributed by atoms with Gasteiger partial charge < -0.3 is 8.01 Å². The Kier molecular flexibility index (Phi) is 3.09. The van der Waals surface area contributed by atoms with E-state index < -0.39 is 30.8 Å². The molecule has 0 saturated carbocycles. The third-order valence-corrected chi connectivity index (χ3v) is 5.60. The fourth-order valence-corrected chi connectivity index (χ4v) is 3.92. The topological polar surface area (TPSA) is 6.48 Å². The molecule has 0 fully saturated rings. The molecule has 0 aromatic heterocycles. The molecule has 0 amide bonds. The van der Waals surface area contributed by atoms with Crippen LogP contribution in [-0.4, -0.2) is 23.9 Å². The molecule has 1 heterocycles. The molecule has 2 rings (SSSR count). The molecule has 0 saturated heterocycles. The molecular formula is C11H12F3IN2. The summed E-state index contributed by atoms with van der Waals surface area (Å²) >= 11 is -1.19. The Bertz CT molecular complexity index is 482. The number of hydrogen-bond donors (Lipinski definition) is 0. The average molecular weight is 356 g/mol. The zero-order chi connectivity index (χ0) is 12.8. The van der Waals surface area contributed by atoms with Gasteiger partial charge in [0.25, 0.3) is 0 Å². The third-order valence-electron chi connectivity index (χ3n) is 2.56. The van der Waals surface area contributed by atoms with E-state index in [1.165, 1.54) is 11.9 Å². The Labute approximate surface area is 108 Å². The lowest BCUT2D eigenvalue weighted by molar-refractivity contribution is -0.0570. The van der Waals surface area contributed by atoms with Crippen molar-refractivity contribution in [2.75, 3.05) is 22.1 Å². The summed E-state index contributed by atoms with van der Waals surface area (Å²) in [6.07, 6.45) is -4.24. The second-order valence-electron chi connectivity index (χ2n) is 3.90. The van der Waals surface area contributed by atoms with E-state index in [4.69, 9.17) is 0 Å². The Hall–Kier alpha value is -0.790. The highest BCUT2D eigenvalue weighted by atomic mass is 127. The van der Waals surface area contributed by atoms with Crippen molar-refractivity contribution in [1.82, 2.24) is 0 Å². The summed E-state index contributed by atoms with van der Waals surface area (Å²) in [5.74, 6) is 0. The molecule has 0 bridgehead atoms. The van der Waals surface area contributed by atoms with E-state index in [-0.39, 0.29) is 0 Å². The van der Waals surface area contributed by atoms with Crippen LogP contribution in [0, 0.1) is 6.92 Å². The maximum Gasteiger partial charge on any atom is 0.438 e. The predicted octanol–water partition coefficient (Wildman–Crippen LogP) is 3.46. The Morgan fingerprint density at radius 1 is 1.12 bits per heavy atom. The highest BCUT2D eigenvalue weighted by Gasteiger charge is 2.41. The summed E-state index contributed by atoms with van der Waals surface area (Å²) in [5, 5.41) is 0. The number of anilines is 2. The van der Waals surface area contributed by atoms with Crippen molar-refractivity contribution in [3.05, 3.63) is 23.8 Å². The van der Waals surface area contributed by atoms with Gasteiger partial charge in [-0.3, -0.25) is 0 Å². The monoisotopic (exact) mass is 356 g/mol. The summed E-state index contributed by atoms with van der Waals surface area (Å²) in [6, 6.07) is 5.51. The van der Waals surface area contributed by atoms with Crippen LogP contribution in [0.3, 0.4) is 0 Å². The van der Waals surface area contributed by atoms with Crippen molar-refractivity contribution in [2.24, 2.45) is 0 Å². The van der Waals surface area contributed by atoms with Crippen molar-refractivity contribution < 1.29 is 13.2 Å². The van der Waals surface area contributed by atoms with Crippen LogP contribution in [0.25, 0.3) is 0 Å². The van der Waals surface area contributed by atoms with Crippen LogP contribution in [0.2, 0.25) is 0 Å². The first-order chi connectivity index (χ1) is 7.80. The SMILES string of the molecule is Cc1ccc2c(c1)N(C)I=C(C(F)(F)F)N2C. The lowest BCUT2D eigenvalue weighted by Gasteiger charge is -2.33. The molecule has 0 N–H and O–H groups in total. The van der Waals surface area contributed by atoms with E-state index >= 15 is 0 Å². The van der Waals surface area contributed by atoms with E-state index in [9.17, 15) is 13.2 Å². The maximum absolute atomic E-state index is 12.9. The lowest BCUT2D eigenvalue weighted by atomic mass is 10.2. The molecule has 0 radical (unpaired) electrons. The lowest BCUT2D eigenvalue weighted by Crippen LogP contribution is -2.40. The average Bonchev–Trinajstić information content (AvgIpc) is 2.21. The second kappa shape index (κ2) is 4.15. The molecule has 17 heavy (non-hydrogen) atoms. The van der Waals surface area contributed by atoms with E-state index in [1.54, 1.807) is 16.2 Å². The van der Waals surface area contributed by atoms with Crippen molar-refractivity contribution >= 4 is 36.0 Å². The molecule has 1 aromatic rings. The number of alkyl halides is 3. The first-order valence-corrected chi connectivity index (χ1v) is 7.02. The molecule has 0 atom stereocenters. The van der Waals surface area contributed by atoms with Crippen LogP contribution in [-0.2, 0) is 0 Å². The molecule has 1 aliphatic rings. The predicted molar refractivity (Wildman–Crippen MR) is 73.1 cm³/mol. The smallest absolute Gasteiger partial charge is 0.333 e. The Balaban J connectivity index is 2.53. The molecule has 94 valence electrons. The van der Waals surface area contributed by atoms with Gasteiger partial charge in [0.15, 0.2) is 3.63 Å². The first kappa shape index (κ1) is 12.7. The third kappa shape index (κ3) is 2.27. The van der Waals surface area contributed by atoms with Crippen molar-refractivity contribution in [3.63, 3.8) is 0 Å². The Morgan fingerprint density at radius 2 is 1.76 bits per heavy atom. The van der Waals surface area contributed by atoms with E-state index in [0.717, 1.165) is 11.3 Å².